The summed E-state index contributed by atoms with van der Waals surface area (Å²) < 4.78 is 7.17. The Morgan fingerprint density at radius 3 is 2.45 bits per heavy atom. The third kappa shape index (κ3) is 4.76. The Bertz CT molecular complexity index is 954. The predicted molar refractivity (Wildman–Crippen MR) is 117 cm³/mol. The molecule has 1 aromatic carbocycles. The summed E-state index contributed by atoms with van der Waals surface area (Å²) in [4.78, 5) is 24.8. The van der Waals surface area contributed by atoms with E-state index in [0.29, 0.717) is 28.3 Å². The maximum Gasteiger partial charge on any atom is 0.361 e. The molecule has 1 aromatic heterocycles. The molecule has 0 spiro atoms. The summed E-state index contributed by atoms with van der Waals surface area (Å²) in [6, 6.07) is 7.36. The Labute approximate surface area is 187 Å². The van der Waals surface area contributed by atoms with Crippen molar-refractivity contribution in [3.8, 4) is 0 Å². The van der Waals surface area contributed by atoms with Gasteiger partial charge in [0.25, 0.3) is 5.91 Å². The Balaban J connectivity index is 1.33. The van der Waals surface area contributed by atoms with E-state index in [4.69, 9.17) is 16.3 Å². The highest BCUT2D eigenvalue weighted by molar-refractivity contribution is 6.30. The smallest absolute Gasteiger partial charge is 0.361 e. The number of hydrogen-bond acceptors (Lipinski definition) is 5. The summed E-state index contributed by atoms with van der Waals surface area (Å²) in [5.74, 6) is 1.12. The Morgan fingerprint density at radius 2 is 1.87 bits per heavy atom. The number of nitrogens with one attached hydrogen (secondary N) is 1. The molecule has 1 heterocycles. The normalized spacial score (nSPS) is 25.6. The highest BCUT2D eigenvalue weighted by Gasteiger charge is 2.59. The fourth-order valence-electron chi connectivity index (χ4n) is 4.88. The van der Waals surface area contributed by atoms with Crippen LogP contribution in [0.1, 0.15) is 73.8 Å². The quantitative estimate of drug-likeness (QED) is 0.671. The molecular weight excluding hydrogens is 416 g/mol. The van der Waals surface area contributed by atoms with Gasteiger partial charge in [-0.1, -0.05) is 23.7 Å². The van der Waals surface area contributed by atoms with Crippen molar-refractivity contribution in [3.05, 3.63) is 46.7 Å². The molecule has 1 amide bonds. The number of esters is 1. The van der Waals surface area contributed by atoms with Crippen molar-refractivity contribution in [1.82, 2.24) is 20.3 Å². The van der Waals surface area contributed by atoms with Gasteiger partial charge in [0.1, 0.15) is 5.60 Å². The van der Waals surface area contributed by atoms with Gasteiger partial charge in [-0.3, -0.25) is 4.79 Å². The van der Waals surface area contributed by atoms with Crippen molar-refractivity contribution in [1.29, 1.82) is 0 Å². The standard InChI is InChI=1S/C23H29ClN4O3/c1-5-18(25-21(29)13-6-8-14(24)9-7-13)20-16-10-15(11-17(16)20)28-12-19(26-27-28)22(30)31-23(2,3)4/h6-9,12,15-18,20H,5,10-11H2,1-4H3,(H,25,29)/t15-,16-,17+,18?,20+. The average molecular weight is 445 g/mol. The highest BCUT2D eigenvalue weighted by Crippen LogP contribution is 2.62. The lowest BCUT2D eigenvalue weighted by molar-refractivity contribution is 0.00625. The predicted octanol–water partition coefficient (Wildman–Crippen LogP) is 4.29. The number of halogens is 1. The molecular formula is C23H29ClN4O3. The topological polar surface area (TPSA) is 86.1 Å². The lowest BCUT2D eigenvalue weighted by atomic mass is 9.99. The number of hydrogen-bond donors (Lipinski definition) is 1. The van der Waals surface area contributed by atoms with Crippen LogP contribution in [0.2, 0.25) is 5.02 Å². The molecule has 166 valence electrons. The number of rotatable bonds is 6. The highest BCUT2D eigenvalue weighted by atomic mass is 35.5. The summed E-state index contributed by atoms with van der Waals surface area (Å²) in [6.45, 7) is 7.60. The number of carbonyl (C=O) groups excluding carboxylic acids is 2. The van der Waals surface area contributed by atoms with Crippen LogP contribution in [0.25, 0.3) is 0 Å². The first-order chi connectivity index (χ1) is 14.7. The summed E-state index contributed by atoms with van der Waals surface area (Å²) >= 11 is 5.92. The van der Waals surface area contributed by atoms with Crippen LogP contribution in [0.15, 0.2) is 30.5 Å². The first-order valence-electron chi connectivity index (χ1n) is 10.9. The first-order valence-corrected chi connectivity index (χ1v) is 11.3. The lowest BCUT2D eigenvalue weighted by Crippen LogP contribution is -2.37. The van der Waals surface area contributed by atoms with Crippen molar-refractivity contribution in [3.63, 3.8) is 0 Å². The van der Waals surface area contributed by atoms with E-state index in [1.54, 1.807) is 35.1 Å². The largest absolute Gasteiger partial charge is 0.455 e. The zero-order chi connectivity index (χ0) is 22.3. The molecule has 2 aromatic rings. The van der Waals surface area contributed by atoms with E-state index in [9.17, 15) is 9.59 Å². The molecule has 0 aliphatic heterocycles. The summed E-state index contributed by atoms with van der Waals surface area (Å²) in [5.41, 5.74) is 0.312. The molecule has 0 radical (unpaired) electrons. The molecule has 2 aliphatic rings. The van der Waals surface area contributed by atoms with Gasteiger partial charge in [-0.05, 0) is 82.1 Å². The SMILES string of the molecule is CCC(NC(=O)c1ccc(Cl)cc1)[C@H]1[C@@H]2C[C@@H](n3cc(C(=O)OC(C)(C)C)nn3)C[C@@H]21. The molecule has 2 saturated carbocycles. The number of carbonyl (C=O) groups is 2. The van der Waals surface area contributed by atoms with Gasteiger partial charge < -0.3 is 10.1 Å². The number of aromatic nitrogens is 3. The minimum absolute atomic E-state index is 0.0525. The van der Waals surface area contributed by atoms with Crippen LogP contribution >= 0.6 is 11.6 Å². The van der Waals surface area contributed by atoms with Crippen LogP contribution in [0, 0.1) is 17.8 Å². The number of fused-ring (bicyclic) bond motifs is 1. The van der Waals surface area contributed by atoms with Crippen molar-refractivity contribution < 1.29 is 14.3 Å². The van der Waals surface area contributed by atoms with Crippen LogP contribution in [0.3, 0.4) is 0 Å². The molecule has 0 bridgehead atoms. The van der Waals surface area contributed by atoms with E-state index in [-0.39, 0.29) is 23.7 Å². The van der Waals surface area contributed by atoms with Gasteiger partial charge in [-0.2, -0.15) is 0 Å². The number of benzene rings is 1. The van der Waals surface area contributed by atoms with Crippen LogP contribution < -0.4 is 5.32 Å². The number of nitrogens with zero attached hydrogens (tertiary/aromatic N) is 3. The van der Waals surface area contributed by atoms with Gasteiger partial charge in [0.2, 0.25) is 0 Å². The van der Waals surface area contributed by atoms with E-state index in [2.05, 4.69) is 22.6 Å². The monoisotopic (exact) mass is 444 g/mol. The van der Waals surface area contributed by atoms with E-state index in [1.165, 1.54) is 0 Å². The molecule has 4 rings (SSSR count). The van der Waals surface area contributed by atoms with Gasteiger partial charge in [-0.25, -0.2) is 9.48 Å². The second kappa shape index (κ2) is 8.26. The van der Waals surface area contributed by atoms with Crippen molar-refractivity contribution >= 4 is 23.5 Å². The summed E-state index contributed by atoms with van der Waals surface area (Å²) in [7, 11) is 0. The molecule has 7 nitrogen and oxygen atoms in total. The third-order valence-corrected chi connectivity index (χ3v) is 6.56. The minimum atomic E-state index is -0.561. The second-order valence-corrected chi connectivity index (χ2v) is 10.0. The minimum Gasteiger partial charge on any atom is -0.455 e. The van der Waals surface area contributed by atoms with Gasteiger partial charge in [0, 0.05) is 16.6 Å². The average Bonchev–Trinajstić information content (AvgIpc) is 3.08. The second-order valence-electron chi connectivity index (χ2n) is 9.61. The van der Waals surface area contributed by atoms with Gasteiger partial charge in [0.15, 0.2) is 5.69 Å². The van der Waals surface area contributed by atoms with E-state index in [0.717, 1.165) is 19.3 Å². The van der Waals surface area contributed by atoms with E-state index < -0.39 is 11.6 Å². The fraction of sp³-hybridized carbons (Fsp3) is 0.565. The van der Waals surface area contributed by atoms with Gasteiger partial charge >= 0.3 is 5.97 Å². The Kier molecular flexibility index (Phi) is 5.81. The van der Waals surface area contributed by atoms with E-state index in [1.807, 2.05) is 20.8 Å². The zero-order valence-electron chi connectivity index (χ0n) is 18.3. The number of ether oxygens (including phenoxy) is 1. The number of amides is 1. The molecule has 2 fully saturated rings. The molecule has 8 heteroatoms. The molecule has 0 saturated heterocycles. The van der Waals surface area contributed by atoms with Crippen LogP contribution in [0.4, 0.5) is 0 Å². The fourth-order valence-corrected chi connectivity index (χ4v) is 5.00. The first kappa shape index (κ1) is 21.8. The molecule has 1 unspecified atom stereocenters. The molecule has 31 heavy (non-hydrogen) atoms. The van der Waals surface area contributed by atoms with E-state index >= 15 is 0 Å². The molecule has 5 atom stereocenters. The van der Waals surface area contributed by atoms with Crippen molar-refractivity contribution in [2.75, 3.05) is 0 Å². The van der Waals surface area contributed by atoms with Gasteiger partial charge in [0.05, 0.1) is 12.2 Å². The summed E-state index contributed by atoms with van der Waals surface area (Å²) in [5, 5.41) is 12.0. The van der Waals surface area contributed by atoms with Crippen LogP contribution in [0.5, 0.6) is 0 Å². The molecule has 1 N–H and O–H groups in total. The summed E-state index contributed by atoms with van der Waals surface area (Å²) in [6.07, 6.45) is 4.56. The maximum absolute atomic E-state index is 12.6. The maximum atomic E-state index is 12.6. The Morgan fingerprint density at radius 1 is 1.23 bits per heavy atom. The third-order valence-electron chi connectivity index (χ3n) is 6.31. The van der Waals surface area contributed by atoms with Gasteiger partial charge in [-0.15, -0.1) is 5.10 Å². The lowest BCUT2D eigenvalue weighted by Gasteiger charge is -2.21. The Hall–Kier alpha value is -2.41. The van der Waals surface area contributed by atoms with Crippen LogP contribution in [-0.2, 0) is 4.74 Å². The van der Waals surface area contributed by atoms with Crippen molar-refractivity contribution in [2.24, 2.45) is 17.8 Å². The van der Waals surface area contributed by atoms with Crippen molar-refractivity contribution in [2.45, 2.75) is 64.6 Å². The molecule has 2 aliphatic carbocycles. The zero-order valence-corrected chi connectivity index (χ0v) is 19.1. The van der Waals surface area contributed by atoms with Crippen LogP contribution in [-0.4, -0.2) is 38.5 Å².